The fourth-order valence-electron chi connectivity index (χ4n) is 3.21. The molecule has 0 saturated heterocycles. The molecule has 30 heavy (non-hydrogen) atoms. The second-order valence-corrected chi connectivity index (χ2v) is 7.63. The van der Waals surface area contributed by atoms with E-state index in [1.807, 2.05) is 54.6 Å². The molecule has 0 unspecified atom stereocenters. The van der Waals surface area contributed by atoms with E-state index in [0.29, 0.717) is 5.82 Å². The number of hydrogen-bond donors (Lipinski definition) is 1. The Morgan fingerprint density at radius 1 is 0.900 bits per heavy atom. The van der Waals surface area contributed by atoms with E-state index in [-0.39, 0.29) is 5.75 Å². The number of imidazole rings is 1. The molecule has 0 spiro atoms. The van der Waals surface area contributed by atoms with Gasteiger partial charge in [-0.15, -0.1) is 11.3 Å². The maximum absolute atomic E-state index is 12.4. The van der Waals surface area contributed by atoms with Gasteiger partial charge in [-0.25, -0.2) is 9.97 Å². The van der Waals surface area contributed by atoms with Crippen molar-refractivity contribution in [2.75, 3.05) is 0 Å². The number of thiazole rings is 1. The normalized spacial score (nSPS) is 12.2. The van der Waals surface area contributed by atoms with Crippen LogP contribution in [0.5, 0.6) is 5.75 Å². The van der Waals surface area contributed by atoms with Crippen molar-refractivity contribution in [2.24, 2.45) is 0 Å². The molecule has 4 nitrogen and oxygen atoms in total. The minimum absolute atomic E-state index is 0.118. The summed E-state index contributed by atoms with van der Waals surface area (Å²) in [4.78, 5) is 12.9. The Kier molecular flexibility index (Phi) is 4.72. The second-order valence-electron chi connectivity index (χ2n) is 6.59. The number of nitrogens with zero attached hydrogens (tertiary/aromatic N) is 2. The maximum atomic E-state index is 12.4. The van der Waals surface area contributed by atoms with Gasteiger partial charge >= 0.3 is 6.61 Å². The van der Waals surface area contributed by atoms with Crippen molar-refractivity contribution in [1.29, 1.82) is 0 Å². The number of hydrogen-bond acceptors (Lipinski definition) is 4. The molecule has 0 bridgehead atoms. The van der Waals surface area contributed by atoms with Gasteiger partial charge in [0, 0.05) is 0 Å². The van der Waals surface area contributed by atoms with Gasteiger partial charge in [-0.2, -0.15) is 8.78 Å². The van der Waals surface area contributed by atoms with Crippen LogP contribution < -0.4 is 4.74 Å². The van der Waals surface area contributed by atoms with Crippen LogP contribution >= 0.6 is 11.3 Å². The Morgan fingerprint density at radius 3 is 2.37 bits per heavy atom. The van der Waals surface area contributed by atoms with E-state index in [4.69, 9.17) is 9.97 Å². The number of benzene rings is 3. The molecule has 5 aromatic rings. The number of nitrogens with one attached hydrogen (secondary N) is 1. The quantitative estimate of drug-likeness (QED) is 0.360. The summed E-state index contributed by atoms with van der Waals surface area (Å²) in [6.07, 6.45) is 1.95. The molecule has 0 aliphatic heterocycles. The molecule has 7 heteroatoms. The highest BCUT2D eigenvalue weighted by molar-refractivity contribution is 7.19. The summed E-state index contributed by atoms with van der Waals surface area (Å²) < 4.78 is 30.4. The van der Waals surface area contributed by atoms with Crippen LogP contribution in [0.2, 0.25) is 0 Å². The lowest BCUT2D eigenvalue weighted by Crippen LogP contribution is -2.01. The standard InChI is InChI=1S/C23H15F2N3OS/c24-23(25)29-15-11-9-14(10-12-15)13-16(21-26-17-5-1-2-6-18(17)27-21)22-28-19-7-3-4-8-20(19)30-22/h1-13,23H,(H,26,27). The lowest BCUT2D eigenvalue weighted by molar-refractivity contribution is -0.0498. The van der Waals surface area contributed by atoms with Crippen molar-refractivity contribution in [3.63, 3.8) is 0 Å². The summed E-state index contributed by atoms with van der Waals surface area (Å²) in [5.74, 6) is 0.815. The molecular weight excluding hydrogens is 404 g/mol. The molecule has 0 radical (unpaired) electrons. The first-order chi connectivity index (χ1) is 14.7. The Morgan fingerprint density at radius 2 is 1.63 bits per heavy atom. The summed E-state index contributed by atoms with van der Waals surface area (Å²) in [6, 6.07) is 22.3. The Bertz CT molecular complexity index is 1210. The zero-order valence-electron chi connectivity index (χ0n) is 15.5. The molecule has 2 heterocycles. The third-order valence-corrected chi connectivity index (χ3v) is 5.65. The van der Waals surface area contributed by atoms with Crippen LogP contribution in [0, 0.1) is 0 Å². The van der Waals surface area contributed by atoms with Crippen LogP contribution in [-0.2, 0) is 0 Å². The van der Waals surface area contributed by atoms with Crippen LogP contribution in [0.3, 0.4) is 0 Å². The number of alkyl halides is 2. The largest absolute Gasteiger partial charge is 0.435 e. The minimum Gasteiger partial charge on any atom is -0.435 e. The summed E-state index contributed by atoms with van der Waals surface area (Å²) in [5.41, 5.74) is 4.36. The lowest BCUT2D eigenvalue weighted by Gasteiger charge is -2.05. The average molecular weight is 419 g/mol. The molecule has 2 aromatic heterocycles. The zero-order chi connectivity index (χ0) is 20.5. The Hall–Kier alpha value is -3.58. The maximum Gasteiger partial charge on any atom is 0.387 e. The second kappa shape index (κ2) is 7.68. The summed E-state index contributed by atoms with van der Waals surface area (Å²) in [7, 11) is 0. The van der Waals surface area contributed by atoms with Crippen molar-refractivity contribution in [3.05, 3.63) is 89.2 Å². The van der Waals surface area contributed by atoms with E-state index in [1.54, 1.807) is 23.5 Å². The van der Waals surface area contributed by atoms with Gasteiger partial charge in [0.15, 0.2) is 0 Å². The van der Waals surface area contributed by atoms with E-state index >= 15 is 0 Å². The van der Waals surface area contributed by atoms with Crippen molar-refractivity contribution in [2.45, 2.75) is 6.61 Å². The first-order valence-corrected chi connectivity index (χ1v) is 10.0. The monoisotopic (exact) mass is 419 g/mol. The molecule has 5 rings (SSSR count). The fraction of sp³-hybridized carbons (Fsp3) is 0.0435. The molecule has 0 fully saturated rings. The summed E-state index contributed by atoms with van der Waals surface area (Å²) in [6.45, 7) is -2.85. The van der Waals surface area contributed by atoms with Crippen LogP contribution in [0.15, 0.2) is 72.8 Å². The van der Waals surface area contributed by atoms with Crippen LogP contribution in [0.25, 0.3) is 32.9 Å². The van der Waals surface area contributed by atoms with Crippen LogP contribution in [0.1, 0.15) is 16.4 Å². The number of ether oxygens (including phenoxy) is 1. The van der Waals surface area contributed by atoms with Gasteiger partial charge in [0.2, 0.25) is 0 Å². The lowest BCUT2D eigenvalue weighted by atomic mass is 10.1. The number of aromatic nitrogens is 3. The van der Waals surface area contributed by atoms with Crippen LogP contribution in [-0.4, -0.2) is 21.6 Å². The summed E-state index contributed by atoms with van der Waals surface area (Å²) in [5, 5.41) is 0.822. The molecule has 0 saturated carbocycles. The summed E-state index contributed by atoms with van der Waals surface area (Å²) >= 11 is 1.58. The molecular formula is C23H15F2N3OS. The van der Waals surface area contributed by atoms with Gasteiger partial charge in [-0.1, -0.05) is 36.4 Å². The SMILES string of the molecule is FC(F)Oc1ccc(C=C(c2nc3ccccc3[nH]2)c2nc3ccccc3s2)cc1. The third kappa shape index (κ3) is 3.67. The number of aromatic amines is 1. The topological polar surface area (TPSA) is 50.8 Å². The number of fused-ring (bicyclic) bond motifs is 2. The van der Waals surface area contributed by atoms with Crippen molar-refractivity contribution < 1.29 is 13.5 Å². The predicted octanol–water partition coefficient (Wildman–Crippen LogP) is 6.36. The molecule has 1 N–H and O–H groups in total. The van der Waals surface area contributed by atoms with E-state index in [1.165, 1.54) is 12.1 Å². The Balaban J connectivity index is 1.62. The molecule has 0 amide bonds. The van der Waals surface area contributed by atoms with E-state index < -0.39 is 6.61 Å². The average Bonchev–Trinajstić information content (AvgIpc) is 3.36. The van der Waals surface area contributed by atoms with Crippen molar-refractivity contribution in [3.8, 4) is 5.75 Å². The number of halogens is 2. The molecule has 148 valence electrons. The van der Waals surface area contributed by atoms with E-state index in [2.05, 4.69) is 9.72 Å². The van der Waals surface area contributed by atoms with Crippen molar-refractivity contribution >= 4 is 44.2 Å². The highest BCUT2D eigenvalue weighted by Crippen LogP contribution is 2.32. The van der Waals surface area contributed by atoms with E-state index in [9.17, 15) is 8.78 Å². The van der Waals surface area contributed by atoms with Gasteiger partial charge in [0.05, 0.1) is 26.8 Å². The predicted molar refractivity (Wildman–Crippen MR) is 116 cm³/mol. The number of rotatable bonds is 5. The third-order valence-electron chi connectivity index (χ3n) is 4.59. The van der Waals surface area contributed by atoms with Crippen molar-refractivity contribution in [1.82, 2.24) is 15.0 Å². The van der Waals surface area contributed by atoms with Gasteiger partial charge in [0.1, 0.15) is 16.6 Å². The molecule has 3 aromatic carbocycles. The highest BCUT2D eigenvalue weighted by atomic mass is 32.1. The first-order valence-electron chi connectivity index (χ1n) is 9.23. The van der Waals surface area contributed by atoms with Crippen LogP contribution in [0.4, 0.5) is 8.78 Å². The zero-order valence-corrected chi connectivity index (χ0v) is 16.4. The van der Waals surface area contributed by atoms with Gasteiger partial charge in [-0.3, -0.25) is 0 Å². The smallest absolute Gasteiger partial charge is 0.387 e. The fourth-order valence-corrected chi connectivity index (χ4v) is 4.19. The number of H-pyrrole nitrogens is 1. The first kappa shape index (κ1) is 18.4. The highest BCUT2D eigenvalue weighted by Gasteiger charge is 2.15. The van der Waals surface area contributed by atoms with Gasteiger partial charge < -0.3 is 9.72 Å². The molecule has 0 atom stereocenters. The van der Waals surface area contributed by atoms with Gasteiger partial charge in [0.25, 0.3) is 0 Å². The number of para-hydroxylation sites is 3. The minimum atomic E-state index is -2.85. The Labute approximate surface area is 174 Å². The van der Waals surface area contributed by atoms with E-state index in [0.717, 1.165) is 37.4 Å². The molecule has 0 aliphatic carbocycles. The molecule has 0 aliphatic rings. The van der Waals surface area contributed by atoms with Gasteiger partial charge in [-0.05, 0) is 48.0 Å².